The molecule has 7 nitrogen and oxygen atoms in total. The predicted octanol–water partition coefficient (Wildman–Crippen LogP) is 4.08. The van der Waals surface area contributed by atoms with E-state index in [1.54, 1.807) is 14.2 Å². The Morgan fingerprint density at radius 2 is 1.42 bits per heavy atom. The van der Waals surface area contributed by atoms with Crippen LogP contribution in [0.1, 0.15) is 73.6 Å². The summed E-state index contributed by atoms with van der Waals surface area (Å²) in [7, 11) is 0.528. The Kier molecular flexibility index (Phi) is 20.8. The lowest BCUT2D eigenvalue weighted by atomic mass is 10.1. The Morgan fingerprint density at radius 3 is 1.91 bits per heavy atom. The van der Waals surface area contributed by atoms with Gasteiger partial charge in [-0.1, -0.05) is 33.6 Å². The fourth-order valence-electron chi connectivity index (χ4n) is 4.10. The molecule has 0 bridgehead atoms. The average Bonchev–Trinajstić information content (AvgIpc) is 2.80. The molecule has 0 aliphatic rings. The van der Waals surface area contributed by atoms with Crippen LogP contribution in [0.2, 0.25) is 10.7 Å². The molecule has 0 fully saturated rings. The Hall–Kier alpha value is 0.371. The highest BCUT2D eigenvalue weighted by Gasteiger charge is 2.40. The van der Waals surface area contributed by atoms with Gasteiger partial charge in [0.2, 0.25) is 0 Å². The van der Waals surface area contributed by atoms with E-state index in [0.29, 0.717) is 19.8 Å². The zero-order valence-electron chi connectivity index (χ0n) is 22.9. The highest BCUT2D eigenvalue weighted by Crippen LogP contribution is 2.35. The molecule has 0 amide bonds. The molecular weight excluding hydrogens is 469 g/mol. The molecule has 10 heteroatoms. The van der Waals surface area contributed by atoms with Crippen molar-refractivity contribution in [3.05, 3.63) is 0 Å². The molecule has 1 N–H and O–H groups in total. The summed E-state index contributed by atoms with van der Waals surface area (Å²) >= 11 is 0. The van der Waals surface area contributed by atoms with Crippen molar-refractivity contribution in [3.8, 4) is 0 Å². The normalized spacial score (nSPS) is 14.4. The van der Waals surface area contributed by atoms with Gasteiger partial charge in [0.05, 0.1) is 9.52 Å². The van der Waals surface area contributed by atoms with E-state index in [1.165, 1.54) is 25.8 Å². The third kappa shape index (κ3) is 13.9. The second-order valence-electron chi connectivity index (χ2n) is 8.30. The summed E-state index contributed by atoms with van der Waals surface area (Å²) in [6.45, 7) is 19.2. The van der Waals surface area contributed by atoms with Crippen molar-refractivity contribution in [2.75, 3.05) is 66.4 Å². The van der Waals surface area contributed by atoms with Crippen LogP contribution in [0.4, 0.5) is 0 Å². The SMILES string of the molecule is CCO[Si](CCCNC[Si]C(C)(CCCCCN(CC)CC)[Si](OC)OC)(OCC)OCC. The molecule has 0 saturated carbocycles. The molecule has 1 atom stereocenters. The minimum atomic E-state index is -2.54. The lowest BCUT2D eigenvalue weighted by Gasteiger charge is -2.32. The van der Waals surface area contributed by atoms with Crippen molar-refractivity contribution in [1.29, 1.82) is 0 Å². The molecular formula is C23H53N2O5Si3. The van der Waals surface area contributed by atoms with Crippen molar-refractivity contribution >= 4 is 27.6 Å². The van der Waals surface area contributed by atoms with Crippen molar-refractivity contribution < 1.29 is 22.1 Å². The number of rotatable bonds is 24. The van der Waals surface area contributed by atoms with Gasteiger partial charge >= 0.3 is 18.1 Å². The van der Waals surface area contributed by atoms with Gasteiger partial charge in [-0.3, -0.25) is 0 Å². The van der Waals surface area contributed by atoms with Gasteiger partial charge < -0.3 is 32.3 Å². The first-order chi connectivity index (χ1) is 15.9. The predicted molar refractivity (Wildman–Crippen MR) is 143 cm³/mol. The number of nitrogens with zero attached hydrogens (tertiary/aromatic N) is 1. The average molecular weight is 522 g/mol. The number of hydrogen-bond donors (Lipinski definition) is 1. The van der Waals surface area contributed by atoms with Crippen LogP contribution in [0.5, 0.6) is 0 Å². The van der Waals surface area contributed by atoms with E-state index in [9.17, 15) is 0 Å². The van der Waals surface area contributed by atoms with E-state index in [-0.39, 0.29) is 4.66 Å². The first-order valence-corrected chi connectivity index (χ1v) is 17.4. The number of nitrogens with one attached hydrogen (secondary N) is 1. The van der Waals surface area contributed by atoms with Crippen LogP contribution in [-0.2, 0) is 22.1 Å². The minimum Gasteiger partial charge on any atom is -0.397 e. The van der Waals surface area contributed by atoms with Crippen molar-refractivity contribution in [1.82, 2.24) is 10.2 Å². The second kappa shape index (κ2) is 20.6. The van der Waals surface area contributed by atoms with Gasteiger partial charge in [0.1, 0.15) is 0 Å². The zero-order valence-corrected chi connectivity index (χ0v) is 25.9. The summed E-state index contributed by atoms with van der Waals surface area (Å²) < 4.78 is 29.6. The second-order valence-corrected chi connectivity index (χ2v) is 15.8. The molecule has 0 aromatic carbocycles. The Balaban J connectivity index is 4.53. The topological polar surface area (TPSA) is 61.4 Å². The molecule has 197 valence electrons. The van der Waals surface area contributed by atoms with Gasteiger partial charge in [0.15, 0.2) is 0 Å². The van der Waals surface area contributed by atoms with Crippen molar-refractivity contribution in [2.24, 2.45) is 0 Å². The highest BCUT2D eigenvalue weighted by molar-refractivity contribution is 6.66. The molecule has 1 unspecified atom stereocenters. The first kappa shape index (κ1) is 33.4. The summed E-state index contributed by atoms with van der Waals surface area (Å²) in [5, 5.41) is 3.64. The molecule has 0 aliphatic carbocycles. The molecule has 3 radical (unpaired) electrons. The summed E-state index contributed by atoms with van der Waals surface area (Å²) in [6, 6.07) is 0.855. The van der Waals surface area contributed by atoms with Crippen LogP contribution in [-0.4, -0.2) is 98.9 Å². The van der Waals surface area contributed by atoms with Crippen LogP contribution in [0.3, 0.4) is 0 Å². The van der Waals surface area contributed by atoms with Crippen LogP contribution < -0.4 is 5.32 Å². The van der Waals surface area contributed by atoms with Gasteiger partial charge in [-0.15, -0.1) is 0 Å². The van der Waals surface area contributed by atoms with Gasteiger partial charge in [-0.25, -0.2) is 0 Å². The molecule has 0 aromatic heterocycles. The maximum Gasteiger partial charge on any atom is 0.500 e. The number of hydrogen-bond acceptors (Lipinski definition) is 7. The Labute approximate surface area is 210 Å². The zero-order chi connectivity index (χ0) is 25.0. The van der Waals surface area contributed by atoms with E-state index in [0.717, 1.165) is 54.2 Å². The van der Waals surface area contributed by atoms with E-state index in [1.807, 2.05) is 20.8 Å². The first-order valence-electron chi connectivity index (χ1n) is 13.0. The van der Waals surface area contributed by atoms with Gasteiger partial charge in [0, 0.05) is 44.7 Å². The Bertz CT molecular complexity index is 429. The fraction of sp³-hybridized carbons (Fsp3) is 1.00. The van der Waals surface area contributed by atoms with E-state index in [4.69, 9.17) is 22.1 Å². The molecule has 0 aromatic rings. The van der Waals surface area contributed by atoms with Crippen LogP contribution >= 0.6 is 0 Å². The lowest BCUT2D eigenvalue weighted by molar-refractivity contribution is 0.0708. The van der Waals surface area contributed by atoms with Gasteiger partial charge in [-0.05, 0) is 72.4 Å². The Morgan fingerprint density at radius 1 is 0.848 bits per heavy atom. The third-order valence-corrected chi connectivity index (χ3v) is 13.5. The summed E-state index contributed by atoms with van der Waals surface area (Å²) in [4.78, 5) is 2.50. The molecule has 0 spiro atoms. The van der Waals surface area contributed by atoms with E-state index >= 15 is 0 Å². The van der Waals surface area contributed by atoms with Crippen LogP contribution in [0, 0.1) is 0 Å². The summed E-state index contributed by atoms with van der Waals surface area (Å²) in [5.74, 6) is 0. The van der Waals surface area contributed by atoms with Crippen molar-refractivity contribution in [2.45, 2.75) is 84.4 Å². The molecule has 33 heavy (non-hydrogen) atoms. The van der Waals surface area contributed by atoms with Crippen LogP contribution in [0.25, 0.3) is 0 Å². The maximum absolute atomic E-state index is 5.96. The molecule has 0 aliphatic heterocycles. The van der Waals surface area contributed by atoms with E-state index < -0.39 is 18.1 Å². The largest absolute Gasteiger partial charge is 0.500 e. The summed E-state index contributed by atoms with van der Waals surface area (Å²) in [5.41, 5.74) is 0. The van der Waals surface area contributed by atoms with E-state index in [2.05, 4.69) is 31.0 Å². The van der Waals surface area contributed by atoms with Gasteiger partial charge in [-0.2, -0.15) is 0 Å². The number of unbranched alkanes of at least 4 members (excludes halogenated alkanes) is 2. The monoisotopic (exact) mass is 521 g/mol. The standard InChI is InChI=1S/C23H53N2O5Si3/c1-9-25(10-2)20-16-14-15-18-23(6,32(26-7)27-8)31-22-24-19-17-21-33(28-11-3,29-12-4)30-13-5/h24H,9-22H2,1-8H3. The lowest BCUT2D eigenvalue weighted by Crippen LogP contribution is -2.46. The molecule has 0 rings (SSSR count). The quantitative estimate of drug-likeness (QED) is 0.152. The third-order valence-electron chi connectivity index (χ3n) is 5.90. The van der Waals surface area contributed by atoms with Gasteiger partial charge in [0.25, 0.3) is 0 Å². The van der Waals surface area contributed by atoms with Crippen LogP contribution in [0.15, 0.2) is 0 Å². The van der Waals surface area contributed by atoms with Crippen molar-refractivity contribution in [3.63, 3.8) is 0 Å². The smallest absolute Gasteiger partial charge is 0.397 e. The molecule has 0 saturated heterocycles. The minimum absolute atomic E-state index is 0.122. The molecule has 0 heterocycles. The maximum atomic E-state index is 5.96. The highest BCUT2D eigenvalue weighted by atomic mass is 28.4. The summed E-state index contributed by atoms with van der Waals surface area (Å²) in [6.07, 6.45) is 6.92. The fourth-order valence-corrected chi connectivity index (χ4v) is 10.7.